The van der Waals surface area contributed by atoms with E-state index < -0.39 is 12.1 Å². The summed E-state index contributed by atoms with van der Waals surface area (Å²) in [7, 11) is 0. The Balaban J connectivity index is 2.34. The standard InChI is InChI=1S/C17H26N2O2/c1-12(10-15(18)13(2)20)8-9-17(21)16(19)11-14-6-4-3-5-7-14/h3-7,12,15-16H,8-11,18-19H2,1-2H3. The molecule has 0 aromatic heterocycles. The zero-order valence-electron chi connectivity index (χ0n) is 12.9. The SMILES string of the molecule is CC(=O)C(N)CC(C)CCC(=O)C(N)Cc1ccccc1. The molecule has 116 valence electrons. The summed E-state index contributed by atoms with van der Waals surface area (Å²) < 4.78 is 0. The van der Waals surface area contributed by atoms with E-state index in [1.807, 2.05) is 37.3 Å². The van der Waals surface area contributed by atoms with Crippen LogP contribution in [0.2, 0.25) is 0 Å². The average Bonchev–Trinajstić information content (AvgIpc) is 2.45. The third-order valence-electron chi connectivity index (χ3n) is 3.77. The number of hydrogen-bond acceptors (Lipinski definition) is 4. The molecule has 1 aromatic rings. The monoisotopic (exact) mass is 290 g/mol. The second kappa shape index (κ2) is 8.70. The van der Waals surface area contributed by atoms with Crippen LogP contribution < -0.4 is 11.5 Å². The van der Waals surface area contributed by atoms with Gasteiger partial charge in [-0.2, -0.15) is 0 Å². The summed E-state index contributed by atoms with van der Waals surface area (Å²) in [5, 5.41) is 0. The van der Waals surface area contributed by atoms with Gasteiger partial charge in [-0.1, -0.05) is 37.3 Å². The van der Waals surface area contributed by atoms with Crippen LogP contribution >= 0.6 is 0 Å². The predicted octanol–water partition coefficient (Wildman–Crippen LogP) is 1.85. The first-order valence-corrected chi connectivity index (χ1v) is 7.48. The molecule has 0 saturated carbocycles. The van der Waals surface area contributed by atoms with Crippen LogP contribution in [0.15, 0.2) is 30.3 Å². The molecule has 4 nitrogen and oxygen atoms in total. The number of rotatable bonds is 9. The van der Waals surface area contributed by atoms with Gasteiger partial charge in [-0.05, 0) is 37.7 Å². The highest BCUT2D eigenvalue weighted by Crippen LogP contribution is 2.14. The molecule has 1 aromatic carbocycles. The highest BCUT2D eigenvalue weighted by molar-refractivity contribution is 5.84. The fraction of sp³-hybridized carbons (Fsp3) is 0.529. The fourth-order valence-corrected chi connectivity index (χ4v) is 2.27. The number of carbonyl (C=O) groups is 2. The van der Waals surface area contributed by atoms with Gasteiger partial charge in [-0.15, -0.1) is 0 Å². The van der Waals surface area contributed by atoms with Crippen molar-refractivity contribution >= 4 is 11.6 Å². The van der Waals surface area contributed by atoms with Gasteiger partial charge in [0, 0.05) is 6.42 Å². The molecule has 4 heteroatoms. The van der Waals surface area contributed by atoms with Gasteiger partial charge in [-0.25, -0.2) is 0 Å². The van der Waals surface area contributed by atoms with Crippen molar-refractivity contribution in [3.05, 3.63) is 35.9 Å². The first-order chi connectivity index (χ1) is 9.90. The van der Waals surface area contributed by atoms with Crippen LogP contribution in [0.1, 0.15) is 38.7 Å². The maximum atomic E-state index is 12.0. The molecule has 0 aliphatic carbocycles. The van der Waals surface area contributed by atoms with Crippen molar-refractivity contribution in [2.24, 2.45) is 17.4 Å². The predicted molar refractivity (Wildman–Crippen MR) is 84.8 cm³/mol. The van der Waals surface area contributed by atoms with Crippen molar-refractivity contribution < 1.29 is 9.59 Å². The van der Waals surface area contributed by atoms with Crippen LogP contribution in [0.4, 0.5) is 0 Å². The summed E-state index contributed by atoms with van der Waals surface area (Å²) in [6.07, 6.45) is 2.36. The Kier molecular flexibility index (Phi) is 7.26. The minimum absolute atomic E-state index is 0.00560. The lowest BCUT2D eigenvalue weighted by Crippen LogP contribution is -2.33. The van der Waals surface area contributed by atoms with Crippen molar-refractivity contribution in [3.63, 3.8) is 0 Å². The van der Waals surface area contributed by atoms with Gasteiger partial charge >= 0.3 is 0 Å². The van der Waals surface area contributed by atoms with Gasteiger partial charge in [0.15, 0.2) is 0 Å². The van der Waals surface area contributed by atoms with E-state index in [0.29, 0.717) is 19.3 Å². The first-order valence-electron chi connectivity index (χ1n) is 7.48. The zero-order chi connectivity index (χ0) is 15.8. The number of hydrogen-bond donors (Lipinski definition) is 2. The molecule has 0 radical (unpaired) electrons. The zero-order valence-corrected chi connectivity index (χ0v) is 12.9. The van der Waals surface area contributed by atoms with E-state index in [9.17, 15) is 9.59 Å². The molecule has 0 amide bonds. The molecule has 1 rings (SSSR count). The molecule has 3 unspecified atom stereocenters. The van der Waals surface area contributed by atoms with Crippen molar-refractivity contribution in [1.29, 1.82) is 0 Å². The Labute approximate surface area is 126 Å². The minimum atomic E-state index is -0.457. The molecular formula is C17H26N2O2. The molecule has 0 aliphatic rings. The quantitative estimate of drug-likeness (QED) is 0.726. The molecular weight excluding hydrogens is 264 g/mol. The number of ketones is 2. The molecule has 0 heterocycles. The Bertz CT molecular complexity index is 459. The molecule has 0 fully saturated rings. The van der Waals surface area contributed by atoms with Crippen molar-refractivity contribution in [2.45, 2.75) is 51.6 Å². The topological polar surface area (TPSA) is 86.2 Å². The van der Waals surface area contributed by atoms with E-state index >= 15 is 0 Å². The van der Waals surface area contributed by atoms with Crippen molar-refractivity contribution in [1.82, 2.24) is 0 Å². The molecule has 0 saturated heterocycles. The van der Waals surface area contributed by atoms with Gasteiger partial charge in [-0.3, -0.25) is 9.59 Å². The largest absolute Gasteiger partial charge is 0.322 e. The number of carbonyl (C=O) groups excluding carboxylic acids is 2. The summed E-state index contributed by atoms with van der Waals surface area (Å²) in [6, 6.07) is 8.89. The lowest BCUT2D eigenvalue weighted by molar-refractivity contribution is -0.120. The van der Waals surface area contributed by atoms with Crippen molar-refractivity contribution in [3.8, 4) is 0 Å². The van der Waals surface area contributed by atoms with Gasteiger partial charge in [0.2, 0.25) is 0 Å². The fourth-order valence-electron chi connectivity index (χ4n) is 2.27. The molecule has 0 bridgehead atoms. The van der Waals surface area contributed by atoms with Gasteiger partial charge in [0.05, 0.1) is 12.1 Å². The number of Topliss-reactive ketones (excluding diaryl/α,β-unsaturated/α-hetero) is 2. The third kappa shape index (κ3) is 6.65. The lowest BCUT2D eigenvalue weighted by Gasteiger charge is -2.16. The van der Waals surface area contributed by atoms with E-state index in [1.165, 1.54) is 6.92 Å². The smallest absolute Gasteiger partial charge is 0.149 e. The lowest BCUT2D eigenvalue weighted by atomic mass is 9.92. The van der Waals surface area contributed by atoms with E-state index in [0.717, 1.165) is 12.0 Å². The second-order valence-corrected chi connectivity index (χ2v) is 5.86. The van der Waals surface area contributed by atoms with Gasteiger partial charge in [0.25, 0.3) is 0 Å². The Morgan fingerprint density at radius 1 is 1.10 bits per heavy atom. The van der Waals surface area contributed by atoms with Crippen molar-refractivity contribution in [2.75, 3.05) is 0 Å². The highest BCUT2D eigenvalue weighted by Gasteiger charge is 2.17. The molecule has 0 aliphatic heterocycles. The van der Waals surface area contributed by atoms with Crippen LogP contribution in [0, 0.1) is 5.92 Å². The first kappa shape index (κ1) is 17.5. The summed E-state index contributed by atoms with van der Waals surface area (Å²) in [6.45, 7) is 3.51. The van der Waals surface area contributed by atoms with E-state index in [1.54, 1.807) is 0 Å². The second-order valence-electron chi connectivity index (χ2n) is 5.86. The van der Waals surface area contributed by atoms with Gasteiger partial charge in [0.1, 0.15) is 11.6 Å². The summed E-state index contributed by atoms with van der Waals surface area (Å²) in [4.78, 5) is 23.2. The van der Waals surface area contributed by atoms with Crippen LogP contribution in [-0.4, -0.2) is 23.7 Å². The molecule has 4 N–H and O–H groups in total. The Morgan fingerprint density at radius 2 is 1.71 bits per heavy atom. The summed E-state index contributed by atoms with van der Waals surface area (Å²) >= 11 is 0. The van der Waals surface area contributed by atoms with E-state index in [4.69, 9.17) is 11.5 Å². The van der Waals surface area contributed by atoms with Crippen LogP contribution in [-0.2, 0) is 16.0 Å². The Morgan fingerprint density at radius 3 is 2.29 bits per heavy atom. The highest BCUT2D eigenvalue weighted by atomic mass is 16.1. The van der Waals surface area contributed by atoms with E-state index in [2.05, 4.69) is 0 Å². The number of nitrogens with two attached hydrogens (primary N) is 2. The molecule has 3 atom stereocenters. The maximum absolute atomic E-state index is 12.0. The maximum Gasteiger partial charge on any atom is 0.149 e. The molecule has 0 spiro atoms. The Hall–Kier alpha value is -1.52. The van der Waals surface area contributed by atoms with Gasteiger partial charge < -0.3 is 11.5 Å². The average molecular weight is 290 g/mol. The third-order valence-corrected chi connectivity index (χ3v) is 3.77. The minimum Gasteiger partial charge on any atom is -0.322 e. The molecule has 21 heavy (non-hydrogen) atoms. The van der Waals surface area contributed by atoms with Crippen LogP contribution in [0.25, 0.3) is 0 Å². The number of benzene rings is 1. The van der Waals surface area contributed by atoms with E-state index in [-0.39, 0.29) is 17.5 Å². The normalized spacial score (nSPS) is 15.2. The summed E-state index contributed by atoms with van der Waals surface area (Å²) in [5.41, 5.74) is 12.8. The van der Waals surface area contributed by atoms with Crippen LogP contribution in [0.3, 0.4) is 0 Å². The summed E-state index contributed by atoms with van der Waals surface area (Å²) in [5.74, 6) is 0.313. The van der Waals surface area contributed by atoms with Crippen LogP contribution in [0.5, 0.6) is 0 Å².